The summed E-state index contributed by atoms with van der Waals surface area (Å²) in [6.07, 6.45) is 0.801. The van der Waals surface area contributed by atoms with Crippen molar-refractivity contribution in [2.75, 3.05) is 0 Å². The fourth-order valence-corrected chi connectivity index (χ4v) is 0.667. The summed E-state index contributed by atoms with van der Waals surface area (Å²) in [5.41, 5.74) is 0. The molecule has 3 heteroatoms. The number of carbonyl (C=O) groups is 1. The number of rotatable bonds is 3. The summed E-state index contributed by atoms with van der Waals surface area (Å²) in [6.45, 7) is 3.92. The third kappa shape index (κ3) is 3.82. The highest BCUT2D eigenvalue weighted by Gasteiger charge is 2.03. The molecule has 0 spiro atoms. The summed E-state index contributed by atoms with van der Waals surface area (Å²) < 4.78 is 0. The Labute approximate surface area is 55.1 Å². The van der Waals surface area contributed by atoms with Crippen molar-refractivity contribution in [3.8, 4) is 0 Å². The van der Waals surface area contributed by atoms with E-state index in [2.05, 4.69) is 5.32 Å². The minimum Gasteiger partial charge on any atom is -0.465 e. The van der Waals surface area contributed by atoms with Crippen LogP contribution in [0.2, 0.25) is 0 Å². The minimum atomic E-state index is -0.927. The second-order valence-corrected chi connectivity index (χ2v) is 1.96. The van der Waals surface area contributed by atoms with E-state index in [0.29, 0.717) is 0 Å². The van der Waals surface area contributed by atoms with E-state index in [4.69, 9.17) is 5.11 Å². The zero-order valence-electron chi connectivity index (χ0n) is 5.85. The average molecular weight is 131 g/mol. The average Bonchev–Trinajstić information content (AvgIpc) is 1.82. The number of carboxylic acid groups (broad SMARTS) is 1. The summed E-state index contributed by atoms with van der Waals surface area (Å²) in [5, 5.41) is 10.6. The van der Waals surface area contributed by atoms with Crippen LogP contribution in [0.4, 0.5) is 4.79 Å². The maximum absolute atomic E-state index is 10.0. The molecule has 0 radical (unpaired) electrons. The molecule has 3 nitrogen and oxygen atoms in total. The Morgan fingerprint density at radius 2 is 2.00 bits per heavy atom. The first-order valence-corrected chi connectivity index (χ1v) is 3.20. The van der Waals surface area contributed by atoms with Crippen LogP contribution in [0.25, 0.3) is 0 Å². The summed E-state index contributed by atoms with van der Waals surface area (Å²) in [6, 6.07) is 0.127. The van der Waals surface area contributed by atoms with Crippen LogP contribution >= 0.6 is 0 Å². The molecule has 0 saturated carbocycles. The van der Waals surface area contributed by atoms with Gasteiger partial charge in [-0.25, -0.2) is 4.79 Å². The summed E-state index contributed by atoms with van der Waals surface area (Å²) in [4.78, 5) is 10.0. The van der Waals surface area contributed by atoms with Crippen molar-refractivity contribution in [1.82, 2.24) is 5.32 Å². The van der Waals surface area contributed by atoms with E-state index in [1.165, 1.54) is 0 Å². The van der Waals surface area contributed by atoms with Crippen molar-refractivity contribution >= 4 is 6.09 Å². The standard InChI is InChI=1S/C6H13NO2/c1-3-5(4-2)7-6(8)9/h5,7H,3-4H2,1-2H3,(H,8,9). The molecular weight excluding hydrogens is 118 g/mol. The van der Waals surface area contributed by atoms with E-state index in [0.717, 1.165) is 12.8 Å². The summed E-state index contributed by atoms with van der Waals surface area (Å²) in [7, 11) is 0. The largest absolute Gasteiger partial charge is 0.465 e. The van der Waals surface area contributed by atoms with Crippen LogP contribution in [0.5, 0.6) is 0 Å². The monoisotopic (exact) mass is 131 g/mol. The second-order valence-electron chi connectivity index (χ2n) is 1.96. The van der Waals surface area contributed by atoms with Crippen LogP contribution < -0.4 is 5.32 Å². The van der Waals surface area contributed by atoms with Gasteiger partial charge in [0.1, 0.15) is 0 Å². The van der Waals surface area contributed by atoms with Crippen LogP contribution in [0.3, 0.4) is 0 Å². The van der Waals surface area contributed by atoms with Crippen molar-refractivity contribution in [1.29, 1.82) is 0 Å². The highest BCUT2D eigenvalue weighted by atomic mass is 16.4. The fourth-order valence-electron chi connectivity index (χ4n) is 0.667. The molecule has 9 heavy (non-hydrogen) atoms. The molecule has 0 heterocycles. The van der Waals surface area contributed by atoms with Crippen molar-refractivity contribution < 1.29 is 9.90 Å². The fraction of sp³-hybridized carbons (Fsp3) is 0.833. The van der Waals surface area contributed by atoms with Gasteiger partial charge in [-0.05, 0) is 12.8 Å². The topological polar surface area (TPSA) is 49.3 Å². The first kappa shape index (κ1) is 8.27. The van der Waals surface area contributed by atoms with Gasteiger partial charge in [-0.1, -0.05) is 13.8 Å². The van der Waals surface area contributed by atoms with Gasteiger partial charge in [-0.15, -0.1) is 0 Å². The first-order chi connectivity index (χ1) is 4.20. The lowest BCUT2D eigenvalue weighted by Crippen LogP contribution is -2.32. The Kier molecular flexibility index (Phi) is 3.84. The van der Waals surface area contributed by atoms with E-state index < -0.39 is 6.09 Å². The quantitative estimate of drug-likeness (QED) is 0.609. The van der Waals surface area contributed by atoms with E-state index in [1.807, 2.05) is 13.8 Å². The van der Waals surface area contributed by atoms with Gasteiger partial charge in [0.05, 0.1) is 0 Å². The number of hydrogen-bond donors (Lipinski definition) is 2. The van der Waals surface area contributed by atoms with Gasteiger partial charge in [0.15, 0.2) is 0 Å². The highest BCUT2D eigenvalue weighted by molar-refractivity contribution is 5.64. The van der Waals surface area contributed by atoms with E-state index in [9.17, 15) is 4.79 Å². The molecule has 0 rings (SSSR count). The molecule has 1 amide bonds. The summed E-state index contributed by atoms with van der Waals surface area (Å²) in [5.74, 6) is 0. The zero-order chi connectivity index (χ0) is 7.28. The lowest BCUT2D eigenvalue weighted by molar-refractivity contribution is 0.189. The van der Waals surface area contributed by atoms with Gasteiger partial charge in [0.25, 0.3) is 0 Å². The molecule has 54 valence electrons. The Hall–Kier alpha value is -0.730. The molecule has 0 aliphatic carbocycles. The highest BCUT2D eigenvalue weighted by Crippen LogP contribution is 1.94. The van der Waals surface area contributed by atoms with Crippen LogP contribution in [-0.4, -0.2) is 17.2 Å². The van der Waals surface area contributed by atoms with Crippen LogP contribution in [0.15, 0.2) is 0 Å². The molecule has 0 atom stereocenters. The molecule has 0 aliphatic heterocycles. The molecule has 0 aromatic carbocycles. The maximum Gasteiger partial charge on any atom is 0.404 e. The van der Waals surface area contributed by atoms with Gasteiger partial charge in [0.2, 0.25) is 0 Å². The third-order valence-electron chi connectivity index (χ3n) is 1.31. The van der Waals surface area contributed by atoms with Crippen LogP contribution in [0, 0.1) is 0 Å². The first-order valence-electron chi connectivity index (χ1n) is 3.20. The normalized spacial score (nSPS) is 9.67. The van der Waals surface area contributed by atoms with Crippen LogP contribution in [0.1, 0.15) is 26.7 Å². The predicted molar refractivity (Wildman–Crippen MR) is 35.5 cm³/mol. The summed E-state index contributed by atoms with van der Waals surface area (Å²) >= 11 is 0. The lowest BCUT2D eigenvalue weighted by atomic mass is 10.2. The molecule has 0 aromatic rings. The van der Waals surface area contributed by atoms with Gasteiger partial charge in [-0.3, -0.25) is 0 Å². The number of hydrogen-bond acceptors (Lipinski definition) is 1. The molecular formula is C6H13NO2. The van der Waals surface area contributed by atoms with Gasteiger partial charge in [-0.2, -0.15) is 0 Å². The van der Waals surface area contributed by atoms with Crippen molar-refractivity contribution in [2.45, 2.75) is 32.7 Å². The molecule has 0 aromatic heterocycles. The number of nitrogens with one attached hydrogen (secondary N) is 1. The van der Waals surface area contributed by atoms with Crippen molar-refractivity contribution in [3.05, 3.63) is 0 Å². The van der Waals surface area contributed by atoms with E-state index in [1.54, 1.807) is 0 Å². The van der Waals surface area contributed by atoms with Crippen molar-refractivity contribution in [2.24, 2.45) is 0 Å². The smallest absolute Gasteiger partial charge is 0.404 e. The second kappa shape index (κ2) is 4.18. The maximum atomic E-state index is 10.0. The van der Waals surface area contributed by atoms with Gasteiger partial charge in [0, 0.05) is 6.04 Å². The van der Waals surface area contributed by atoms with Crippen LogP contribution in [-0.2, 0) is 0 Å². The molecule has 0 unspecified atom stereocenters. The zero-order valence-corrected chi connectivity index (χ0v) is 5.85. The molecule has 2 N–H and O–H groups in total. The van der Waals surface area contributed by atoms with Crippen molar-refractivity contribution in [3.63, 3.8) is 0 Å². The molecule has 0 bridgehead atoms. The SMILES string of the molecule is CCC(CC)NC(=O)O. The van der Waals surface area contributed by atoms with E-state index in [-0.39, 0.29) is 6.04 Å². The molecule has 0 fully saturated rings. The Morgan fingerprint density at radius 1 is 1.56 bits per heavy atom. The van der Waals surface area contributed by atoms with Gasteiger partial charge < -0.3 is 10.4 Å². The molecule has 0 saturated heterocycles. The minimum absolute atomic E-state index is 0.127. The Bertz CT molecular complexity index is 89.1. The van der Waals surface area contributed by atoms with Gasteiger partial charge >= 0.3 is 6.09 Å². The lowest BCUT2D eigenvalue weighted by Gasteiger charge is -2.10. The number of amides is 1. The van der Waals surface area contributed by atoms with E-state index >= 15 is 0 Å². The Morgan fingerprint density at radius 3 is 2.11 bits per heavy atom. The third-order valence-corrected chi connectivity index (χ3v) is 1.31. The predicted octanol–water partition coefficient (Wildman–Crippen LogP) is 1.44. The molecule has 0 aliphatic rings. The Balaban J connectivity index is 3.43.